The van der Waals surface area contributed by atoms with Crippen LogP contribution in [0.3, 0.4) is 0 Å². The molecule has 8 nitrogen and oxygen atoms in total. The highest BCUT2D eigenvalue weighted by Crippen LogP contribution is 2.19. The summed E-state index contributed by atoms with van der Waals surface area (Å²) in [7, 11) is 0. The van der Waals surface area contributed by atoms with E-state index >= 15 is 0 Å². The maximum Gasteiger partial charge on any atom is 0.327 e. The average Bonchev–Trinajstić information content (AvgIpc) is 2.71. The van der Waals surface area contributed by atoms with E-state index in [1.807, 2.05) is 0 Å². The SMILES string of the molecule is O=[N+]([O-])c1ccc(OC2N=NN=N2)cc1. The highest BCUT2D eigenvalue weighted by molar-refractivity contribution is 5.36. The number of non-ortho nitro benzene ring substituents is 1. The Bertz CT molecular complexity index is 415. The second-order valence-electron chi connectivity index (χ2n) is 2.60. The van der Waals surface area contributed by atoms with Crippen LogP contribution in [-0.2, 0) is 0 Å². The molecule has 0 aliphatic carbocycles. The maximum atomic E-state index is 10.4. The van der Waals surface area contributed by atoms with Crippen LogP contribution in [0.1, 0.15) is 0 Å². The Hall–Kier alpha value is -2.38. The third kappa shape index (κ3) is 2.10. The van der Waals surface area contributed by atoms with Crippen LogP contribution >= 0.6 is 0 Å². The van der Waals surface area contributed by atoms with E-state index in [-0.39, 0.29) is 5.69 Å². The van der Waals surface area contributed by atoms with E-state index in [0.717, 1.165) is 0 Å². The Morgan fingerprint density at radius 1 is 1.20 bits per heavy atom. The number of rotatable bonds is 3. The van der Waals surface area contributed by atoms with Gasteiger partial charge < -0.3 is 4.74 Å². The van der Waals surface area contributed by atoms with Gasteiger partial charge in [-0.25, -0.2) is 0 Å². The Morgan fingerprint density at radius 3 is 2.33 bits per heavy atom. The average molecular weight is 207 g/mol. The van der Waals surface area contributed by atoms with Crippen molar-refractivity contribution in [2.24, 2.45) is 20.7 Å². The first kappa shape index (κ1) is 9.19. The molecule has 1 aliphatic rings. The summed E-state index contributed by atoms with van der Waals surface area (Å²) in [4.78, 5) is 9.87. The van der Waals surface area contributed by atoms with E-state index < -0.39 is 11.3 Å². The van der Waals surface area contributed by atoms with Gasteiger partial charge in [0.25, 0.3) is 5.69 Å². The molecule has 0 radical (unpaired) electrons. The molecule has 76 valence electrons. The van der Waals surface area contributed by atoms with Gasteiger partial charge >= 0.3 is 6.35 Å². The molecule has 15 heavy (non-hydrogen) atoms. The van der Waals surface area contributed by atoms with Gasteiger partial charge in [0.05, 0.1) is 4.92 Å². The Labute approximate surface area is 83.4 Å². The molecule has 2 rings (SSSR count). The van der Waals surface area contributed by atoms with Crippen LogP contribution in [0, 0.1) is 10.1 Å². The first-order chi connectivity index (χ1) is 7.25. The first-order valence-electron chi connectivity index (χ1n) is 3.97. The van der Waals surface area contributed by atoms with Crippen molar-refractivity contribution >= 4 is 5.69 Å². The lowest BCUT2D eigenvalue weighted by atomic mass is 10.3. The van der Waals surface area contributed by atoms with Crippen LogP contribution in [0.2, 0.25) is 0 Å². The maximum absolute atomic E-state index is 10.4. The number of ether oxygens (including phenoxy) is 1. The van der Waals surface area contributed by atoms with Crippen molar-refractivity contribution in [1.82, 2.24) is 0 Å². The van der Waals surface area contributed by atoms with Crippen LogP contribution in [0.4, 0.5) is 5.69 Å². The highest BCUT2D eigenvalue weighted by atomic mass is 16.6. The molecule has 1 aromatic carbocycles. The fourth-order valence-corrected chi connectivity index (χ4v) is 0.973. The summed E-state index contributed by atoms with van der Waals surface area (Å²) in [6.07, 6.45) is -0.786. The summed E-state index contributed by atoms with van der Waals surface area (Å²) < 4.78 is 5.17. The molecule has 0 saturated carbocycles. The molecule has 1 heterocycles. The van der Waals surface area contributed by atoms with Crippen LogP contribution < -0.4 is 4.74 Å². The van der Waals surface area contributed by atoms with Crippen LogP contribution in [0.15, 0.2) is 44.9 Å². The molecule has 1 aliphatic heterocycles. The van der Waals surface area contributed by atoms with Gasteiger partial charge in [-0.3, -0.25) is 10.1 Å². The molecule has 0 spiro atoms. The van der Waals surface area contributed by atoms with Gasteiger partial charge in [-0.1, -0.05) is 10.2 Å². The van der Waals surface area contributed by atoms with E-state index in [2.05, 4.69) is 20.7 Å². The van der Waals surface area contributed by atoms with Crippen LogP contribution in [0.25, 0.3) is 0 Å². The van der Waals surface area contributed by atoms with Gasteiger partial charge in [-0.05, 0) is 22.6 Å². The summed E-state index contributed by atoms with van der Waals surface area (Å²) in [6.45, 7) is 0. The quantitative estimate of drug-likeness (QED) is 0.559. The van der Waals surface area contributed by atoms with E-state index in [9.17, 15) is 10.1 Å². The van der Waals surface area contributed by atoms with Crippen molar-refractivity contribution in [3.8, 4) is 5.75 Å². The molecule has 0 atom stereocenters. The number of nitro groups is 1. The minimum absolute atomic E-state index is 0.00276. The van der Waals surface area contributed by atoms with Gasteiger partial charge in [0.1, 0.15) is 5.75 Å². The highest BCUT2D eigenvalue weighted by Gasteiger charge is 2.11. The van der Waals surface area contributed by atoms with E-state index in [4.69, 9.17) is 4.74 Å². The third-order valence-electron chi connectivity index (χ3n) is 1.63. The number of hydrogen-bond donors (Lipinski definition) is 0. The molecule has 0 N–H and O–H groups in total. The molecule has 0 unspecified atom stereocenters. The molecular weight excluding hydrogens is 202 g/mol. The predicted molar refractivity (Wildman–Crippen MR) is 47.2 cm³/mol. The molecule has 0 bridgehead atoms. The molecule has 0 amide bonds. The lowest BCUT2D eigenvalue weighted by Gasteiger charge is -2.04. The summed E-state index contributed by atoms with van der Waals surface area (Å²) in [5.41, 5.74) is -0.00276. The summed E-state index contributed by atoms with van der Waals surface area (Å²) >= 11 is 0. The smallest absolute Gasteiger partial charge is 0.327 e. The molecule has 8 heteroatoms. The van der Waals surface area contributed by atoms with Gasteiger partial charge in [-0.2, -0.15) is 0 Å². The zero-order chi connectivity index (χ0) is 10.7. The van der Waals surface area contributed by atoms with Crippen molar-refractivity contribution in [1.29, 1.82) is 0 Å². The number of nitro benzene ring substituents is 1. The van der Waals surface area contributed by atoms with Crippen molar-refractivity contribution in [3.05, 3.63) is 34.4 Å². The van der Waals surface area contributed by atoms with Gasteiger partial charge in [0.15, 0.2) is 0 Å². The van der Waals surface area contributed by atoms with Gasteiger partial charge in [-0.15, -0.1) is 0 Å². The predicted octanol–water partition coefficient (Wildman–Crippen LogP) is 2.09. The van der Waals surface area contributed by atoms with E-state index in [1.54, 1.807) is 0 Å². The standard InChI is InChI=1S/C7H5N5O3/c13-12(14)5-1-3-6(4-2-5)15-7-8-10-11-9-7/h1-4,7H. The number of benzene rings is 1. The molecule has 1 aromatic rings. The number of nitrogens with zero attached hydrogens (tertiary/aromatic N) is 5. The third-order valence-corrected chi connectivity index (χ3v) is 1.63. The minimum Gasteiger partial charge on any atom is -0.446 e. The second kappa shape index (κ2) is 3.78. The van der Waals surface area contributed by atoms with Gasteiger partial charge in [0.2, 0.25) is 0 Å². The van der Waals surface area contributed by atoms with Gasteiger partial charge in [0, 0.05) is 12.1 Å². The topological polar surface area (TPSA) is 102 Å². The molecule has 0 aromatic heterocycles. The molecule has 0 fully saturated rings. The van der Waals surface area contributed by atoms with E-state index in [1.165, 1.54) is 24.3 Å². The van der Waals surface area contributed by atoms with Crippen LogP contribution in [-0.4, -0.2) is 11.3 Å². The van der Waals surface area contributed by atoms with E-state index in [0.29, 0.717) is 5.75 Å². The van der Waals surface area contributed by atoms with Crippen molar-refractivity contribution in [2.45, 2.75) is 6.35 Å². The largest absolute Gasteiger partial charge is 0.446 e. The molecular formula is C7H5N5O3. The monoisotopic (exact) mass is 207 g/mol. The van der Waals surface area contributed by atoms with Crippen molar-refractivity contribution < 1.29 is 9.66 Å². The summed E-state index contributed by atoms with van der Waals surface area (Å²) in [5.74, 6) is 0.422. The summed E-state index contributed by atoms with van der Waals surface area (Å²) in [5, 5.41) is 23.9. The van der Waals surface area contributed by atoms with Crippen molar-refractivity contribution in [2.75, 3.05) is 0 Å². The summed E-state index contributed by atoms with van der Waals surface area (Å²) in [6, 6.07) is 5.58. The Morgan fingerprint density at radius 2 is 1.80 bits per heavy atom. The van der Waals surface area contributed by atoms with Crippen molar-refractivity contribution in [3.63, 3.8) is 0 Å². The lowest BCUT2D eigenvalue weighted by Crippen LogP contribution is -2.06. The number of hydrogen-bond acceptors (Lipinski definition) is 7. The zero-order valence-corrected chi connectivity index (χ0v) is 7.35. The van der Waals surface area contributed by atoms with Crippen LogP contribution in [0.5, 0.6) is 5.75 Å². The zero-order valence-electron chi connectivity index (χ0n) is 7.35. The second-order valence-corrected chi connectivity index (χ2v) is 2.60. The Balaban J connectivity index is 2.07. The first-order valence-corrected chi connectivity index (χ1v) is 3.97. The fourth-order valence-electron chi connectivity index (χ4n) is 0.973. The normalized spacial score (nSPS) is 14.4. The Kier molecular flexibility index (Phi) is 2.31. The molecule has 0 saturated heterocycles. The lowest BCUT2D eigenvalue weighted by molar-refractivity contribution is -0.384. The fraction of sp³-hybridized carbons (Fsp3) is 0.143. The minimum atomic E-state index is -0.786.